The first-order chi connectivity index (χ1) is 11.6. The zero-order valence-electron chi connectivity index (χ0n) is 13.7. The molecule has 0 radical (unpaired) electrons. The van der Waals surface area contributed by atoms with Gasteiger partial charge in [0.2, 0.25) is 0 Å². The average molecular weight is 352 g/mol. The predicted octanol–water partition coefficient (Wildman–Crippen LogP) is 2.37. The zero-order chi connectivity index (χ0) is 17.5. The molecule has 0 spiro atoms. The van der Waals surface area contributed by atoms with Crippen LogP contribution in [-0.4, -0.2) is 34.7 Å². The van der Waals surface area contributed by atoms with Gasteiger partial charge in [-0.3, -0.25) is 14.2 Å². The third-order valence-electron chi connectivity index (χ3n) is 3.28. The quantitative estimate of drug-likeness (QED) is 0.535. The van der Waals surface area contributed by atoms with Gasteiger partial charge >= 0.3 is 11.9 Å². The third kappa shape index (κ3) is 4.19. The largest absolute Gasteiger partial charge is 0.464 e. The summed E-state index contributed by atoms with van der Waals surface area (Å²) in [5.41, 5.74) is -0.253. The van der Waals surface area contributed by atoms with E-state index in [9.17, 15) is 14.4 Å². The second kappa shape index (κ2) is 8.58. The van der Waals surface area contributed by atoms with Crippen molar-refractivity contribution in [3.8, 4) is 0 Å². The van der Waals surface area contributed by atoms with E-state index < -0.39 is 17.5 Å². The lowest BCUT2D eigenvalue weighted by Crippen LogP contribution is -2.26. The van der Waals surface area contributed by atoms with Crippen molar-refractivity contribution >= 4 is 33.5 Å². The summed E-state index contributed by atoms with van der Waals surface area (Å²) in [6.45, 7) is 4.26. The lowest BCUT2D eigenvalue weighted by Gasteiger charge is -2.06. The molecule has 0 aromatic carbocycles. The maximum absolute atomic E-state index is 12.6. The van der Waals surface area contributed by atoms with Crippen molar-refractivity contribution in [3.05, 3.63) is 27.6 Å². The monoisotopic (exact) mass is 352 g/mol. The van der Waals surface area contributed by atoms with Gasteiger partial charge in [-0.25, -0.2) is 9.78 Å². The lowest BCUT2D eigenvalue weighted by atomic mass is 10.2. The van der Waals surface area contributed by atoms with Crippen LogP contribution < -0.4 is 5.56 Å². The van der Waals surface area contributed by atoms with E-state index in [0.29, 0.717) is 24.5 Å². The number of esters is 2. The number of hydrogen-bond acceptors (Lipinski definition) is 7. The number of thiophene rings is 1. The Morgan fingerprint density at radius 1 is 1.21 bits per heavy atom. The van der Waals surface area contributed by atoms with Crippen molar-refractivity contribution in [2.75, 3.05) is 13.2 Å². The number of ether oxygens (including phenoxy) is 2. The number of carbonyl (C=O) groups is 2. The Labute approximate surface area is 143 Å². The molecule has 0 N–H and O–H groups in total. The van der Waals surface area contributed by atoms with Crippen LogP contribution in [0.2, 0.25) is 0 Å². The van der Waals surface area contributed by atoms with Gasteiger partial charge in [0.25, 0.3) is 5.56 Å². The van der Waals surface area contributed by atoms with Gasteiger partial charge in [-0.15, -0.1) is 11.3 Å². The number of aromatic nitrogens is 2. The Kier molecular flexibility index (Phi) is 6.48. The van der Waals surface area contributed by atoms with Gasteiger partial charge in [-0.05, 0) is 12.8 Å². The Hall–Kier alpha value is -2.22. The van der Waals surface area contributed by atoms with Gasteiger partial charge in [0.1, 0.15) is 11.4 Å². The highest BCUT2D eigenvalue weighted by Crippen LogP contribution is 2.21. The minimum Gasteiger partial charge on any atom is -0.464 e. The van der Waals surface area contributed by atoms with Crippen LogP contribution in [-0.2, 0) is 20.8 Å². The lowest BCUT2D eigenvalue weighted by molar-refractivity contribution is -0.144. The fourth-order valence-electron chi connectivity index (χ4n) is 2.02. The summed E-state index contributed by atoms with van der Waals surface area (Å²) in [5, 5.41) is 1.75. The van der Waals surface area contributed by atoms with E-state index in [1.54, 1.807) is 5.38 Å². The number of nitrogens with zero attached hydrogens (tertiary/aromatic N) is 2. The molecule has 0 saturated heterocycles. The van der Waals surface area contributed by atoms with Gasteiger partial charge < -0.3 is 9.47 Å². The Bertz CT molecular complexity index is 780. The van der Waals surface area contributed by atoms with Gasteiger partial charge in [0.15, 0.2) is 0 Å². The molecule has 0 amide bonds. The van der Waals surface area contributed by atoms with E-state index in [-0.39, 0.29) is 17.5 Å². The summed E-state index contributed by atoms with van der Waals surface area (Å²) in [7, 11) is 0. The van der Waals surface area contributed by atoms with E-state index in [1.807, 2.05) is 13.8 Å². The zero-order valence-corrected chi connectivity index (χ0v) is 14.6. The maximum Gasteiger partial charge on any atom is 0.339 e. The van der Waals surface area contributed by atoms with Crippen LogP contribution in [0, 0.1) is 0 Å². The molecule has 0 fully saturated rings. The number of hydrogen-bond donors (Lipinski definition) is 0. The molecule has 24 heavy (non-hydrogen) atoms. The molecule has 7 nitrogen and oxygen atoms in total. The molecule has 0 aliphatic rings. The maximum atomic E-state index is 12.6. The van der Waals surface area contributed by atoms with Crippen LogP contribution in [0.25, 0.3) is 10.2 Å². The molecule has 130 valence electrons. The topological polar surface area (TPSA) is 87.5 Å². The number of carbonyl (C=O) groups excluding carboxylic acids is 2. The molecule has 0 aliphatic carbocycles. The van der Waals surface area contributed by atoms with Crippen LogP contribution in [0.5, 0.6) is 0 Å². The number of unbranched alkanes of at least 4 members (excludes halogenated alkanes) is 1. The summed E-state index contributed by atoms with van der Waals surface area (Å²) in [4.78, 5) is 41.0. The van der Waals surface area contributed by atoms with Crippen molar-refractivity contribution in [2.24, 2.45) is 0 Å². The van der Waals surface area contributed by atoms with Crippen molar-refractivity contribution in [1.29, 1.82) is 0 Å². The molecular weight excluding hydrogens is 332 g/mol. The molecule has 0 unspecified atom stereocenters. The van der Waals surface area contributed by atoms with Gasteiger partial charge in [-0.1, -0.05) is 20.3 Å². The molecular formula is C16H20N2O5S. The van der Waals surface area contributed by atoms with E-state index in [4.69, 9.17) is 9.47 Å². The molecule has 2 aromatic rings. The molecule has 0 aliphatic heterocycles. The van der Waals surface area contributed by atoms with Crippen LogP contribution in [0.4, 0.5) is 0 Å². The minimum absolute atomic E-state index is 0.187. The Morgan fingerprint density at radius 3 is 2.71 bits per heavy atom. The van der Waals surface area contributed by atoms with E-state index in [1.165, 1.54) is 17.7 Å². The SMILES string of the molecule is CCCCOC(=O)c1csc2ncn(CC(=O)OCCC)c(=O)c12. The summed E-state index contributed by atoms with van der Waals surface area (Å²) >= 11 is 1.20. The molecule has 2 heterocycles. The highest BCUT2D eigenvalue weighted by molar-refractivity contribution is 7.17. The van der Waals surface area contributed by atoms with Crippen molar-refractivity contribution < 1.29 is 19.1 Å². The van der Waals surface area contributed by atoms with Crippen molar-refractivity contribution in [2.45, 2.75) is 39.7 Å². The molecule has 2 aromatic heterocycles. The predicted molar refractivity (Wildman–Crippen MR) is 90.3 cm³/mol. The van der Waals surface area contributed by atoms with E-state index in [0.717, 1.165) is 17.4 Å². The summed E-state index contributed by atoms with van der Waals surface area (Å²) < 4.78 is 11.3. The molecule has 2 rings (SSSR count). The second-order valence-corrected chi connectivity index (χ2v) is 6.08. The first kappa shape index (κ1) is 18.1. The second-order valence-electron chi connectivity index (χ2n) is 5.22. The van der Waals surface area contributed by atoms with Gasteiger partial charge in [-0.2, -0.15) is 0 Å². The Balaban J connectivity index is 2.26. The van der Waals surface area contributed by atoms with Crippen LogP contribution >= 0.6 is 11.3 Å². The molecule has 0 bridgehead atoms. The molecule has 0 atom stereocenters. The first-order valence-corrected chi connectivity index (χ1v) is 8.75. The van der Waals surface area contributed by atoms with Crippen molar-refractivity contribution in [1.82, 2.24) is 9.55 Å². The van der Waals surface area contributed by atoms with E-state index >= 15 is 0 Å². The number of fused-ring (bicyclic) bond motifs is 1. The average Bonchev–Trinajstić information content (AvgIpc) is 3.00. The number of rotatable bonds is 8. The molecule has 0 saturated carbocycles. The summed E-state index contributed by atoms with van der Waals surface area (Å²) in [6.07, 6.45) is 3.67. The van der Waals surface area contributed by atoms with Gasteiger partial charge in [0.05, 0.1) is 30.5 Å². The standard InChI is InChI=1S/C16H20N2O5S/c1-3-5-7-23-16(21)11-9-24-14-13(11)15(20)18(10-17-14)8-12(19)22-6-4-2/h9-10H,3-8H2,1-2H3. The fraction of sp³-hybridized carbons (Fsp3) is 0.500. The normalized spacial score (nSPS) is 10.8. The summed E-state index contributed by atoms with van der Waals surface area (Å²) in [5.74, 6) is -1.05. The fourth-order valence-corrected chi connectivity index (χ4v) is 2.88. The molecule has 8 heteroatoms. The first-order valence-electron chi connectivity index (χ1n) is 7.87. The smallest absolute Gasteiger partial charge is 0.339 e. The van der Waals surface area contributed by atoms with Crippen LogP contribution in [0.15, 0.2) is 16.5 Å². The third-order valence-corrected chi connectivity index (χ3v) is 4.16. The van der Waals surface area contributed by atoms with E-state index in [2.05, 4.69) is 4.98 Å². The highest BCUT2D eigenvalue weighted by atomic mass is 32.1. The minimum atomic E-state index is -0.542. The van der Waals surface area contributed by atoms with Crippen molar-refractivity contribution in [3.63, 3.8) is 0 Å². The van der Waals surface area contributed by atoms with Crippen LogP contribution in [0.1, 0.15) is 43.5 Å². The Morgan fingerprint density at radius 2 is 2.00 bits per heavy atom. The summed E-state index contributed by atoms with van der Waals surface area (Å²) in [6, 6.07) is 0. The van der Waals surface area contributed by atoms with Gasteiger partial charge in [0, 0.05) is 5.38 Å². The highest BCUT2D eigenvalue weighted by Gasteiger charge is 2.19. The van der Waals surface area contributed by atoms with Crippen LogP contribution in [0.3, 0.4) is 0 Å².